The fourth-order valence-electron chi connectivity index (χ4n) is 2.92. The third kappa shape index (κ3) is 3.69. The van der Waals surface area contributed by atoms with Crippen LogP contribution in [-0.2, 0) is 23.9 Å². The van der Waals surface area contributed by atoms with Crippen LogP contribution in [0.4, 0.5) is 0 Å². The Kier molecular flexibility index (Phi) is 5.36. The summed E-state index contributed by atoms with van der Waals surface area (Å²) in [5.74, 6) is -1.21. The molecule has 2 aliphatic rings. The molecule has 6 nitrogen and oxygen atoms in total. The van der Waals surface area contributed by atoms with E-state index in [9.17, 15) is 19.5 Å². The molecule has 2 atom stereocenters. The molecule has 0 spiro atoms. The molecular weight excluding hydrogens is 300 g/mol. The SMILES string of the molecule is COC1=CC(=O)C=C2CCCC(=O)CCCC(C)OC(=O)C21O. The van der Waals surface area contributed by atoms with Gasteiger partial charge in [0.1, 0.15) is 11.5 Å². The first-order valence-corrected chi connectivity index (χ1v) is 7.84. The van der Waals surface area contributed by atoms with Crippen molar-refractivity contribution in [2.24, 2.45) is 0 Å². The molecule has 2 unspecified atom stereocenters. The van der Waals surface area contributed by atoms with Crippen LogP contribution in [0.3, 0.4) is 0 Å². The monoisotopic (exact) mass is 322 g/mol. The normalized spacial score (nSPS) is 30.2. The Bertz CT molecular complexity index is 574. The molecule has 1 aliphatic carbocycles. The highest BCUT2D eigenvalue weighted by molar-refractivity contribution is 6.05. The molecule has 0 saturated carbocycles. The number of methoxy groups -OCH3 is 1. The topological polar surface area (TPSA) is 89.9 Å². The number of fused-ring (bicyclic) bond motifs is 1. The Morgan fingerprint density at radius 3 is 2.57 bits per heavy atom. The summed E-state index contributed by atoms with van der Waals surface area (Å²) in [6, 6.07) is 0. The summed E-state index contributed by atoms with van der Waals surface area (Å²) in [6.45, 7) is 1.71. The highest BCUT2D eigenvalue weighted by atomic mass is 16.6. The third-order valence-electron chi connectivity index (χ3n) is 4.20. The fraction of sp³-hybridized carbons (Fsp3) is 0.588. The van der Waals surface area contributed by atoms with Gasteiger partial charge in [-0.3, -0.25) is 9.59 Å². The van der Waals surface area contributed by atoms with Gasteiger partial charge in [-0.25, -0.2) is 4.79 Å². The van der Waals surface area contributed by atoms with E-state index in [0.29, 0.717) is 32.1 Å². The lowest BCUT2D eigenvalue weighted by atomic mass is 9.82. The number of Topliss-reactive ketones (excluding diaryl/α,β-unsaturated/α-hetero) is 1. The molecule has 0 amide bonds. The molecule has 2 rings (SSSR count). The number of carbonyl (C=O) groups excluding carboxylic acids is 3. The fourth-order valence-corrected chi connectivity index (χ4v) is 2.92. The van der Waals surface area contributed by atoms with E-state index >= 15 is 0 Å². The maximum Gasteiger partial charge on any atom is 0.350 e. The van der Waals surface area contributed by atoms with Crippen LogP contribution in [0.5, 0.6) is 0 Å². The van der Waals surface area contributed by atoms with Gasteiger partial charge in [-0.15, -0.1) is 0 Å². The number of rotatable bonds is 1. The van der Waals surface area contributed by atoms with Gasteiger partial charge in [-0.05, 0) is 44.3 Å². The minimum absolute atomic E-state index is 0.137. The molecule has 0 aromatic carbocycles. The molecule has 1 fully saturated rings. The zero-order valence-electron chi connectivity index (χ0n) is 13.5. The van der Waals surface area contributed by atoms with E-state index in [1.807, 2.05) is 0 Å². The molecule has 6 heteroatoms. The molecule has 126 valence electrons. The molecule has 0 bridgehead atoms. The van der Waals surface area contributed by atoms with Gasteiger partial charge in [0.15, 0.2) is 5.78 Å². The van der Waals surface area contributed by atoms with Crippen LogP contribution < -0.4 is 0 Å². The summed E-state index contributed by atoms with van der Waals surface area (Å²) in [4.78, 5) is 36.1. The van der Waals surface area contributed by atoms with Crippen molar-refractivity contribution in [1.82, 2.24) is 0 Å². The molecule has 1 heterocycles. The largest absolute Gasteiger partial charge is 0.497 e. The van der Waals surface area contributed by atoms with E-state index in [-0.39, 0.29) is 29.3 Å². The van der Waals surface area contributed by atoms with E-state index in [1.54, 1.807) is 6.92 Å². The van der Waals surface area contributed by atoms with Gasteiger partial charge in [-0.1, -0.05) is 0 Å². The number of aliphatic hydroxyl groups is 1. The number of ether oxygens (including phenoxy) is 2. The van der Waals surface area contributed by atoms with Crippen LogP contribution >= 0.6 is 0 Å². The molecule has 0 aromatic heterocycles. The predicted octanol–water partition coefficient (Wildman–Crippen LogP) is 1.61. The quantitative estimate of drug-likeness (QED) is 0.738. The van der Waals surface area contributed by atoms with Crippen molar-refractivity contribution >= 4 is 17.5 Å². The van der Waals surface area contributed by atoms with Crippen molar-refractivity contribution in [1.29, 1.82) is 0 Å². The number of hydrogen-bond acceptors (Lipinski definition) is 6. The van der Waals surface area contributed by atoms with Crippen molar-refractivity contribution in [2.45, 2.75) is 57.2 Å². The lowest BCUT2D eigenvalue weighted by molar-refractivity contribution is -0.166. The smallest absolute Gasteiger partial charge is 0.350 e. The highest BCUT2D eigenvalue weighted by Crippen LogP contribution is 2.35. The van der Waals surface area contributed by atoms with Gasteiger partial charge >= 0.3 is 5.97 Å². The molecule has 23 heavy (non-hydrogen) atoms. The second-order valence-electron chi connectivity index (χ2n) is 6.00. The van der Waals surface area contributed by atoms with Crippen LogP contribution in [0.1, 0.15) is 45.4 Å². The van der Waals surface area contributed by atoms with Crippen molar-refractivity contribution < 1.29 is 29.0 Å². The molecule has 0 aromatic rings. The Balaban J connectivity index is 2.36. The molecule has 1 aliphatic heterocycles. The molecular formula is C17H22O6. The minimum Gasteiger partial charge on any atom is -0.497 e. The average molecular weight is 322 g/mol. The number of allylic oxidation sites excluding steroid dienone is 2. The standard InChI is InChI=1S/C17H22O6/c1-11-5-3-7-13(18)8-4-6-12-9-14(19)10-15(22-2)17(12,21)16(20)23-11/h9-11,21H,3-8H2,1-2H3. The summed E-state index contributed by atoms with van der Waals surface area (Å²) in [5, 5.41) is 10.9. The van der Waals surface area contributed by atoms with E-state index in [1.165, 1.54) is 13.2 Å². The first kappa shape index (κ1) is 17.4. The number of esters is 1. The zero-order valence-corrected chi connectivity index (χ0v) is 13.5. The Morgan fingerprint density at radius 1 is 1.17 bits per heavy atom. The number of cyclic esters (lactones) is 1. The summed E-state index contributed by atoms with van der Waals surface area (Å²) < 4.78 is 10.4. The summed E-state index contributed by atoms with van der Waals surface area (Å²) in [5.41, 5.74) is -1.88. The first-order chi connectivity index (χ1) is 10.9. The van der Waals surface area contributed by atoms with Gasteiger partial charge in [0, 0.05) is 18.9 Å². The summed E-state index contributed by atoms with van der Waals surface area (Å²) in [7, 11) is 1.29. The van der Waals surface area contributed by atoms with Gasteiger partial charge in [-0.2, -0.15) is 0 Å². The van der Waals surface area contributed by atoms with Gasteiger partial charge in [0.25, 0.3) is 0 Å². The number of hydrogen-bond donors (Lipinski definition) is 1. The lowest BCUT2D eigenvalue weighted by Crippen LogP contribution is -2.47. The Morgan fingerprint density at radius 2 is 1.87 bits per heavy atom. The van der Waals surface area contributed by atoms with Crippen LogP contribution in [0.25, 0.3) is 0 Å². The Hall–Kier alpha value is -1.95. The Labute approximate surface area is 135 Å². The summed E-state index contributed by atoms with van der Waals surface area (Å²) >= 11 is 0. The van der Waals surface area contributed by atoms with Crippen molar-refractivity contribution in [2.75, 3.05) is 7.11 Å². The second kappa shape index (κ2) is 7.08. The number of carbonyl (C=O) groups is 3. The maximum absolute atomic E-state index is 12.5. The van der Waals surface area contributed by atoms with Gasteiger partial charge in [0.2, 0.25) is 5.60 Å². The minimum atomic E-state index is -2.10. The van der Waals surface area contributed by atoms with Crippen LogP contribution in [0.2, 0.25) is 0 Å². The molecule has 1 N–H and O–H groups in total. The van der Waals surface area contributed by atoms with Crippen LogP contribution in [-0.4, -0.2) is 41.5 Å². The van der Waals surface area contributed by atoms with E-state index in [2.05, 4.69) is 0 Å². The lowest BCUT2D eigenvalue weighted by Gasteiger charge is -2.33. The van der Waals surface area contributed by atoms with E-state index in [0.717, 1.165) is 6.08 Å². The zero-order chi connectivity index (χ0) is 17.0. The van der Waals surface area contributed by atoms with Gasteiger partial charge < -0.3 is 14.6 Å². The van der Waals surface area contributed by atoms with E-state index in [4.69, 9.17) is 9.47 Å². The third-order valence-corrected chi connectivity index (χ3v) is 4.20. The van der Waals surface area contributed by atoms with Crippen molar-refractivity contribution in [3.05, 3.63) is 23.5 Å². The van der Waals surface area contributed by atoms with Gasteiger partial charge in [0.05, 0.1) is 13.2 Å². The van der Waals surface area contributed by atoms with Crippen LogP contribution in [0, 0.1) is 0 Å². The summed E-state index contributed by atoms with van der Waals surface area (Å²) in [6.07, 6.45) is 4.58. The highest BCUT2D eigenvalue weighted by Gasteiger charge is 2.49. The predicted molar refractivity (Wildman–Crippen MR) is 81.4 cm³/mol. The number of ketones is 2. The molecule has 0 radical (unpaired) electrons. The van der Waals surface area contributed by atoms with Crippen LogP contribution in [0.15, 0.2) is 23.5 Å². The molecule has 1 saturated heterocycles. The second-order valence-corrected chi connectivity index (χ2v) is 6.00. The first-order valence-electron chi connectivity index (χ1n) is 7.84. The van der Waals surface area contributed by atoms with Crippen molar-refractivity contribution in [3.8, 4) is 0 Å². The van der Waals surface area contributed by atoms with Crippen molar-refractivity contribution in [3.63, 3.8) is 0 Å². The van der Waals surface area contributed by atoms with E-state index < -0.39 is 17.7 Å². The maximum atomic E-state index is 12.5. The average Bonchev–Trinajstić information content (AvgIpc) is 2.49.